The number of amides is 1. The highest BCUT2D eigenvalue weighted by Gasteiger charge is 2.24. The SMILES string of the molecule is CCCC(NC(C)C(=O)N(C)Cc1ccc(OC)c(OC)c1)C(=O)O. The number of likely N-dealkylation sites (N-methyl/N-ethyl adjacent to an activating group) is 1. The van der Waals surface area contributed by atoms with Crippen molar-refractivity contribution in [1.82, 2.24) is 10.2 Å². The molecule has 2 atom stereocenters. The minimum Gasteiger partial charge on any atom is -0.493 e. The van der Waals surface area contributed by atoms with Crippen molar-refractivity contribution >= 4 is 11.9 Å². The Morgan fingerprint density at radius 2 is 1.88 bits per heavy atom. The van der Waals surface area contributed by atoms with Gasteiger partial charge in [-0.15, -0.1) is 0 Å². The molecule has 2 N–H and O–H groups in total. The molecule has 0 heterocycles. The Labute approximate surface area is 148 Å². The molecule has 0 aromatic heterocycles. The maximum absolute atomic E-state index is 12.5. The Morgan fingerprint density at radius 3 is 2.40 bits per heavy atom. The van der Waals surface area contributed by atoms with Crippen LogP contribution in [0.3, 0.4) is 0 Å². The lowest BCUT2D eigenvalue weighted by Gasteiger charge is -2.25. The highest BCUT2D eigenvalue weighted by molar-refractivity contribution is 5.82. The molecular weight excluding hydrogens is 324 g/mol. The monoisotopic (exact) mass is 352 g/mol. The first-order valence-electron chi connectivity index (χ1n) is 8.28. The van der Waals surface area contributed by atoms with Crippen molar-refractivity contribution in [3.05, 3.63) is 23.8 Å². The molecule has 140 valence electrons. The van der Waals surface area contributed by atoms with Gasteiger partial charge in [-0.05, 0) is 31.0 Å². The van der Waals surface area contributed by atoms with Crippen LogP contribution in [0.2, 0.25) is 0 Å². The van der Waals surface area contributed by atoms with Gasteiger partial charge in [-0.25, -0.2) is 0 Å². The van der Waals surface area contributed by atoms with E-state index < -0.39 is 18.1 Å². The molecule has 0 aliphatic carbocycles. The first-order chi connectivity index (χ1) is 11.8. The molecule has 0 saturated heterocycles. The summed E-state index contributed by atoms with van der Waals surface area (Å²) in [6, 6.07) is 4.16. The summed E-state index contributed by atoms with van der Waals surface area (Å²) < 4.78 is 10.5. The molecule has 2 unspecified atom stereocenters. The first kappa shape index (κ1) is 20.8. The summed E-state index contributed by atoms with van der Waals surface area (Å²) in [4.78, 5) is 25.3. The molecule has 0 bridgehead atoms. The standard InChI is InChI=1S/C18H28N2O5/c1-6-7-14(18(22)23)19-12(2)17(21)20(3)11-13-8-9-15(24-4)16(10-13)25-5/h8-10,12,14,19H,6-7,11H2,1-5H3,(H,22,23). The van der Waals surface area contributed by atoms with Crippen molar-refractivity contribution in [1.29, 1.82) is 0 Å². The molecule has 7 nitrogen and oxygen atoms in total. The van der Waals surface area contributed by atoms with E-state index in [4.69, 9.17) is 9.47 Å². The van der Waals surface area contributed by atoms with Gasteiger partial charge in [0.1, 0.15) is 6.04 Å². The highest BCUT2D eigenvalue weighted by atomic mass is 16.5. The van der Waals surface area contributed by atoms with E-state index in [1.807, 2.05) is 19.1 Å². The van der Waals surface area contributed by atoms with Crippen LogP contribution in [0.1, 0.15) is 32.3 Å². The largest absolute Gasteiger partial charge is 0.493 e. The number of rotatable bonds is 10. The van der Waals surface area contributed by atoms with E-state index >= 15 is 0 Å². The van der Waals surface area contributed by atoms with E-state index in [9.17, 15) is 14.7 Å². The summed E-state index contributed by atoms with van der Waals surface area (Å²) in [7, 11) is 4.81. The third-order valence-electron chi connectivity index (χ3n) is 3.94. The zero-order valence-corrected chi connectivity index (χ0v) is 15.5. The smallest absolute Gasteiger partial charge is 0.320 e. The minimum absolute atomic E-state index is 0.169. The van der Waals surface area contributed by atoms with Crippen molar-refractivity contribution < 1.29 is 24.2 Å². The Balaban J connectivity index is 2.74. The van der Waals surface area contributed by atoms with E-state index in [1.165, 1.54) is 0 Å². The van der Waals surface area contributed by atoms with E-state index in [2.05, 4.69) is 5.32 Å². The number of carbonyl (C=O) groups is 2. The van der Waals surface area contributed by atoms with Gasteiger partial charge in [-0.3, -0.25) is 14.9 Å². The second-order valence-electron chi connectivity index (χ2n) is 5.95. The number of hydrogen-bond acceptors (Lipinski definition) is 5. The van der Waals surface area contributed by atoms with Crippen molar-refractivity contribution in [2.45, 2.75) is 45.3 Å². The average molecular weight is 352 g/mol. The quantitative estimate of drug-likeness (QED) is 0.669. The van der Waals surface area contributed by atoms with Gasteiger partial charge >= 0.3 is 5.97 Å². The zero-order valence-electron chi connectivity index (χ0n) is 15.5. The van der Waals surface area contributed by atoms with Gasteiger partial charge in [0.2, 0.25) is 5.91 Å². The summed E-state index contributed by atoms with van der Waals surface area (Å²) in [6.07, 6.45) is 1.21. The van der Waals surface area contributed by atoms with Crippen molar-refractivity contribution in [2.75, 3.05) is 21.3 Å². The number of carboxylic acids is 1. The van der Waals surface area contributed by atoms with Crippen LogP contribution in [0.4, 0.5) is 0 Å². The topological polar surface area (TPSA) is 88.1 Å². The molecule has 1 rings (SSSR count). The van der Waals surface area contributed by atoms with Crippen molar-refractivity contribution in [2.24, 2.45) is 0 Å². The summed E-state index contributed by atoms with van der Waals surface area (Å²) in [5, 5.41) is 12.1. The third-order valence-corrected chi connectivity index (χ3v) is 3.94. The maximum Gasteiger partial charge on any atom is 0.320 e. The molecule has 1 aromatic rings. The Hall–Kier alpha value is -2.28. The van der Waals surface area contributed by atoms with E-state index in [0.29, 0.717) is 24.5 Å². The number of nitrogens with zero attached hydrogens (tertiary/aromatic N) is 1. The minimum atomic E-state index is -0.941. The van der Waals surface area contributed by atoms with Crippen molar-refractivity contribution in [3.8, 4) is 11.5 Å². The molecule has 1 aromatic carbocycles. The Bertz CT molecular complexity index is 591. The third kappa shape index (κ3) is 5.94. The predicted molar refractivity (Wildman–Crippen MR) is 94.9 cm³/mol. The second-order valence-corrected chi connectivity index (χ2v) is 5.95. The first-order valence-corrected chi connectivity index (χ1v) is 8.28. The van der Waals surface area contributed by atoms with Crippen LogP contribution in [0.5, 0.6) is 11.5 Å². The normalized spacial score (nSPS) is 13.0. The Kier molecular flexibility index (Phi) is 8.21. The fourth-order valence-electron chi connectivity index (χ4n) is 2.60. The predicted octanol–water partition coefficient (Wildman–Crippen LogP) is 1.89. The van der Waals surface area contributed by atoms with Crippen LogP contribution in [-0.4, -0.2) is 55.2 Å². The van der Waals surface area contributed by atoms with Gasteiger partial charge in [0.25, 0.3) is 0 Å². The molecule has 0 aliphatic rings. The van der Waals surface area contributed by atoms with Crippen LogP contribution in [0, 0.1) is 0 Å². The van der Waals surface area contributed by atoms with Gasteiger partial charge in [0.05, 0.1) is 20.3 Å². The molecule has 0 radical (unpaired) electrons. The zero-order chi connectivity index (χ0) is 19.0. The molecular formula is C18H28N2O5. The molecule has 25 heavy (non-hydrogen) atoms. The summed E-state index contributed by atoms with van der Waals surface area (Å²) in [5.74, 6) is 0.112. The molecule has 0 aliphatic heterocycles. The number of aliphatic carboxylic acids is 1. The maximum atomic E-state index is 12.5. The van der Waals surface area contributed by atoms with Crippen LogP contribution < -0.4 is 14.8 Å². The van der Waals surface area contributed by atoms with Gasteiger partial charge < -0.3 is 19.5 Å². The molecule has 1 amide bonds. The molecule has 0 spiro atoms. The van der Waals surface area contributed by atoms with Gasteiger partial charge in [0, 0.05) is 13.6 Å². The number of carbonyl (C=O) groups excluding carboxylic acids is 1. The van der Waals surface area contributed by atoms with Gasteiger partial charge in [-0.2, -0.15) is 0 Å². The number of carboxylic acid groups (broad SMARTS) is 1. The molecule has 0 saturated carbocycles. The lowest BCUT2D eigenvalue weighted by molar-refractivity contribution is -0.140. The summed E-state index contributed by atoms with van der Waals surface area (Å²) >= 11 is 0. The van der Waals surface area contributed by atoms with Gasteiger partial charge in [-0.1, -0.05) is 19.4 Å². The van der Waals surface area contributed by atoms with Crippen LogP contribution in [0.15, 0.2) is 18.2 Å². The number of ether oxygens (including phenoxy) is 2. The number of hydrogen-bond donors (Lipinski definition) is 2. The average Bonchev–Trinajstić information content (AvgIpc) is 2.60. The van der Waals surface area contributed by atoms with Gasteiger partial charge in [0.15, 0.2) is 11.5 Å². The number of methoxy groups -OCH3 is 2. The lowest BCUT2D eigenvalue weighted by atomic mass is 10.1. The van der Waals surface area contributed by atoms with E-state index in [0.717, 1.165) is 12.0 Å². The fraction of sp³-hybridized carbons (Fsp3) is 0.556. The van der Waals surface area contributed by atoms with Crippen LogP contribution in [0.25, 0.3) is 0 Å². The molecule has 0 fully saturated rings. The van der Waals surface area contributed by atoms with E-state index in [-0.39, 0.29) is 5.91 Å². The summed E-state index contributed by atoms with van der Waals surface area (Å²) in [6.45, 7) is 3.98. The van der Waals surface area contributed by atoms with Crippen LogP contribution >= 0.6 is 0 Å². The number of nitrogens with one attached hydrogen (secondary N) is 1. The van der Waals surface area contributed by atoms with E-state index in [1.54, 1.807) is 39.2 Å². The fourth-order valence-corrected chi connectivity index (χ4v) is 2.60. The second kappa shape index (κ2) is 9.88. The summed E-state index contributed by atoms with van der Waals surface area (Å²) in [5.41, 5.74) is 0.893. The lowest BCUT2D eigenvalue weighted by Crippen LogP contribution is -2.49. The Morgan fingerprint density at radius 1 is 1.24 bits per heavy atom. The van der Waals surface area contributed by atoms with Crippen molar-refractivity contribution in [3.63, 3.8) is 0 Å². The molecule has 7 heteroatoms. The van der Waals surface area contributed by atoms with Crippen LogP contribution in [-0.2, 0) is 16.1 Å². The highest BCUT2D eigenvalue weighted by Crippen LogP contribution is 2.27. The number of benzene rings is 1.